The Hall–Kier alpha value is -3.64. The largest absolute Gasteiger partial charge is 0.0622 e. The molecule has 3 aliphatic carbocycles. The van der Waals surface area contributed by atoms with Gasteiger partial charge >= 0.3 is 0 Å². The fourth-order valence-corrected chi connectivity index (χ4v) is 6.45. The van der Waals surface area contributed by atoms with E-state index in [0.717, 1.165) is 0 Å². The summed E-state index contributed by atoms with van der Waals surface area (Å²) in [6, 6.07) is 31.8. The normalized spacial score (nSPS) is 18.9. The van der Waals surface area contributed by atoms with Crippen molar-refractivity contribution >= 4 is 23.3 Å². The zero-order valence-corrected chi connectivity index (χ0v) is 19.5. The Morgan fingerprint density at radius 3 is 1.29 bits per heavy atom. The highest BCUT2D eigenvalue weighted by Gasteiger charge is 2.29. The third-order valence-corrected chi connectivity index (χ3v) is 7.95. The van der Waals surface area contributed by atoms with E-state index < -0.39 is 0 Å². The Morgan fingerprint density at radius 2 is 0.853 bits per heavy atom. The van der Waals surface area contributed by atoms with Gasteiger partial charge in [-0.05, 0) is 105 Å². The second-order valence-corrected chi connectivity index (χ2v) is 9.86. The van der Waals surface area contributed by atoms with Gasteiger partial charge in [0.05, 0.1) is 0 Å². The Morgan fingerprint density at radius 1 is 0.412 bits per heavy atom. The number of rotatable bonds is 2. The van der Waals surface area contributed by atoms with Crippen molar-refractivity contribution in [2.24, 2.45) is 0 Å². The van der Waals surface area contributed by atoms with E-state index in [1.807, 2.05) is 0 Å². The van der Waals surface area contributed by atoms with Crippen molar-refractivity contribution in [3.63, 3.8) is 0 Å². The topological polar surface area (TPSA) is 0 Å². The molecule has 0 unspecified atom stereocenters. The Balaban J connectivity index is 1.70. The molecule has 4 aromatic carbocycles. The maximum absolute atomic E-state index is 2.38. The van der Waals surface area contributed by atoms with Gasteiger partial charge in [-0.25, -0.2) is 0 Å². The predicted octanol–water partition coefficient (Wildman–Crippen LogP) is 8.16. The lowest BCUT2D eigenvalue weighted by molar-refractivity contribution is 0.910. The molecule has 164 valence electrons. The van der Waals surface area contributed by atoms with E-state index in [2.05, 4.69) is 97.1 Å². The zero-order chi connectivity index (χ0) is 22.5. The molecule has 0 bridgehead atoms. The number of hydrogen-bond donors (Lipinski definition) is 0. The zero-order valence-electron chi connectivity index (χ0n) is 19.5. The lowest BCUT2D eigenvalue weighted by Gasteiger charge is -2.26. The first-order valence-corrected chi connectivity index (χ1v) is 12.7. The maximum Gasteiger partial charge on any atom is -0.00176 e. The van der Waals surface area contributed by atoms with Crippen LogP contribution in [0.3, 0.4) is 0 Å². The van der Waals surface area contributed by atoms with E-state index in [9.17, 15) is 0 Å². The minimum absolute atomic E-state index is 1.17. The number of hydrogen-bond acceptors (Lipinski definition) is 0. The van der Waals surface area contributed by atoms with E-state index in [-0.39, 0.29) is 0 Å². The summed E-state index contributed by atoms with van der Waals surface area (Å²) in [6.45, 7) is 0. The van der Waals surface area contributed by atoms with Crippen LogP contribution in [0.4, 0.5) is 0 Å². The summed E-state index contributed by atoms with van der Waals surface area (Å²) in [5.74, 6) is 0. The third-order valence-electron chi connectivity index (χ3n) is 7.95. The van der Waals surface area contributed by atoms with Crippen molar-refractivity contribution in [2.45, 2.75) is 38.5 Å². The van der Waals surface area contributed by atoms with E-state index >= 15 is 0 Å². The standard InChI is InChI=1S/C34H28/c1-3-9-25(10-4-1)33-31-27(19-17-23-13-7-15-29(23)31)21-22-28-20-18-24-14-8-16-30(24)32(28)34(33)26-11-5-2-6-12-26/h1-6,9-12,17-22H,7-8,13-16H2/b22-21-,27-21?,28-22?,33-31?,34-32?,34-33-. The van der Waals surface area contributed by atoms with Crippen molar-refractivity contribution < 1.29 is 0 Å². The van der Waals surface area contributed by atoms with Crippen LogP contribution in [0.1, 0.15) is 68.5 Å². The Kier molecular flexibility index (Phi) is 4.65. The highest BCUT2D eigenvalue weighted by molar-refractivity contribution is 6.10. The fraction of sp³-hybridized carbons (Fsp3) is 0.176. The minimum Gasteiger partial charge on any atom is -0.0622 e. The van der Waals surface area contributed by atoms with Crippen LogP contribution >= 0.6 is 0 Å². The summed E-state index contributed by atoms with van der Waals surface area (Å²) < 4.78 is 0. The molecular weight excluding hydrogens is 408 g/mol. The fourth-order valence-electron chi connectivity index (χ4n) is 6.45. The molecule has 0 nitrogen and oxygen atoms in total. The molecule has 3 aliphatic rings. The smallest absolute Gasteiger partial charge is 0.00176 e. The van der Waals surface area contributed by atoms with Gasteiger partial charge < -0.3 is 0 Å². The van der Waals surface area contributed by atoms with Crippen molar-refractivity contribution in [3.8, 4) is 0 Å². The molecule has 0 heteroatoms. The molecule has 0 radical (unpaired) electrons. The molecule has 0 saturated carbocycles. The third kappa shape index (κ3) is 3.06. The van der Waals surface area contributed by atoms with Gasteiger partial charge in [0.2, 0.25) is 0 Å². The predicted molar refractivity (Wildman–Crippen MR) is 144 cm³/mol. The first-order chi connectivity index (χ1) is 16.9. The van der Waals surface area contributed by atoms with Crippen LogP contribution in [0.25, 0.3) is 23.3 Å². The second kappa shape index (κ2) is 7.99. The highest BCUT2D eigenvalue weighted by Crippen LogP contribution is 2.47. The van der Waals surface area contributed by atoms with Crippen molar-refractivity contribution in [1.82, 2.24) is 0 Å². The first-order valence-electron chi connectivity index (χ1n) is 12.7. The summed E-state index contributed by atoms with van der Waals surface area (Å²) in [7, 11) is 0. The van der Waals surface area contributed by atoms with Gasteiger partial charge in [0.15, 0.2) is 0 Å². The highest BCUT2D eigenvalue weighted by atomic mass is 14.3. The van der Waals surface area contributed by atoms with E-state index in [4.69, 9.17) is 0 Å². The molecule has 0 aliphatic heterocycles. The lowest BCUT2D eigenvalue weighted by Crippen LogP contribution is -2.07. The van der Waals surface area contributed by atoms with E-state index in [1.165, 1.54) is 94.2 Å². The van der Waals surface area contributed by atoms with Crippen LogP contribution in [0, 0.1) is 0 Å². The van der Waals surface area contributed by atoms with Crippen molar-refractivity contribution in [1.29, 1.82) is 0 Å². The van der Waals surface area contributed by atoms with E-state index in [0.29, 0.717) is 0 Å². The molecule has 0 amide bonds. The molecule has 0 heterocycles. The van der Waals surface area contributed by atoms with Crippen LogP contribution in [-0.4, -0.2) is 0 Å². The average Bonchev–Trinajstić information content (AvgIpc) is 3.55. The molecule has 0 N–H and O–H groups in total. The van der Waals surface area contributed by atoms with Crippen LogP contribution in [0.2, 0.25) is 0 Å². The monoisotopic (exact) mass is 436 g/mol. The van der Waals surface area contributed by atoms with Crippen molar-refractivity contribution in [2.75, 3.05) is 0 Å². The molecule has 0 spiro atoms. The summed E-state index contributed by atoms with van der Waals surface area (Å²) in [6.07, 6.45) is 12.0. The summed E-state index contributed by atoms with van der Waals surface area (Å²) in [5.41, 5.74) is 17.3. The molecule has 4 aromatic rings. The lowest BCUT2D eigenvalue weighted by atomic mass is 9.77. The molecule has 7 rings (SSSR count). The maximum atomic E-state index is 2.38. The van der Waals surface area contributed by atoms with Crippen LogP contribution in [0.15, 0.2) is 84.9 Å². The molecule has 34 heavy (non-hydrogen) atoms. The van der Waals surface area contributed by atoms with Gasteiger partial charge in [0.1, 0.15) is 0 Å². The quantitative estimate of drug-likeness (QED) is 0.262. The van der Waals surface area contributed by atoms with Gasteiger partial charge in [0, 0.05) is 0 Å². The Labute approximate surface area is 202 Å². The van der Waals surface area contributed by atoms with Gasteiger partial charge in [-0.3, -0.25) is 0 Å². The number of aryl methyl sites for hydroxylation is 2. The van der Waals surface area contributed by atoms with Gasteiger partial charge in [-0.15, -0.1) is 0 Å². The average molecular weight is 437 g/mol. The second-order valence-electron chi connectivity index (χ2n) is 9.86. The summed E-state index contributed by atoms with van der Waals surface area (Å²) >= 11 is 0. The molecule has 0 saturated heterocycles. The molecule has 0 fully saturated rings. The molecule has 0 aromatic heterocycles. The van der Waals surface area contributed by atoms with Gasteiger partial charge in [0.25, 0.3) is 0 Å². The first kappa shape index (κ1) is 19.8. The van der Waals surface area contributed by atoms with E-state index in [1.54, 1.807) is 11.1 Å². The van der Waals surface area contributed by atoms with Crippen LogP contribution in [0.5, 0.6) is 0 Å². The molecular formula is C34H28. The van der Waals surface area contributed by atoms with Gasteiger partial charge in [-0.1, -0.05) is 97.1 Å². The summed E-state index contributed by atoms with van der Waals surface area (Å²) in [4.78, 5) is 0. The van der Waals surface area contributed by atoms with Crippen LogP contribution in [-0.2, 0) is 25.7 Å². The van der Waals surface area contributed by atoms with Crippen LogP contribution < -0.4 is 0 Å². The molecule has 0 atom stereocenters. The number of benzene rings is 4. The Bertz CT molecular complexity index is 1350. The SMILES string of the molecule is C1=C\c2ccc3c(c2/C(c2ccccc2)=C(/c2ccccc2)c2c/1ccc1c2CCC1)CCC3. The van der Waals surface area contributed by atoms with Gasteiger partial charge in [-0.2, -0.15) is 0 Å². The minimum atomic E-state index is 1.17. The van der Waals surface area contributed by atoms with Crippen molar-refractivity contribution in [3.05, 3.63) is 141 Å². The number of fused-ring (bicyclic) bond motifs is 6. The summed E-state index contributed by atoms with van der Waals surface area (Å²) in [5, 5.41) is 0.